The minimum Gasteiger partial charge on any atom is -0.490 e. The maximum Gasteiger partial charge on any atom is 0.345 e. The first-order valence-corrected chi connectivity index (χ1v) is 7.13. The van der Waals surface area contributed by atoms with Gasteiger partial charge in [0.05, 0.1) is 23.0 Å². The van der Waals surface area contributed by atoms with Gasteiger partial charge in [-0.05, 0) is 6.07 Å². The van der Waals surface area contributed by atoms with Crippen LogP contribution in [0.25, 0.3) is 0 Å². The van der Waals surface area contributed by atoms with E-state index < -0.39 is 22.4 Å². The number of nitrogens with zero attached hydrogens (tertiary/aromatic N) is 1. The van der Waals surface area contributed by atoms with E-state index in [2.05, 4.69) is 0 Å². The van der Waals surface area contributed by atoms with Gasteiger partial charge in [-0.2, -0.15) is 0 Å². The molecule has 2 aromatic rings. The van der Waals surface area contributed by atoms with Gasteiger partial charge in [0.1, 0.15) is 10.7 Å². The van der Waals surface area contributed by atoms with Gasteiger partial charge in [-0.3, -0.25) is 10.1 Å². The lowest BCUT2D eigenvalue weighted by Crippen LogP contribution is -1.96. The van der Waals surface area contributed by atoms with Crippen molar-refractivity contribution in [1.29, 1.82) is 0 Å². The number of thiophene rings is 1. The van der Waals surface area contributed by atoms with Gasteiger partial charge in [-0.15, -0.1) is 11.3 Å². The van der Waals surface area contributed by atoms with Crippen LogP contribution in [0.4, 0.5) is 10.1 Å². The summed E-state index contributed by atoms with van der Waals surface area (Å²) in [5.41, 5.74) is -0.462. The molecular formula is C12H8FNO5S2. The van der Waals surface area contributed by atoms with Crippen LogP contribution in [-0.4, -0.2) is 23.1 Å². The normalized spacial score (nSPS) is 10.4. The van der Waals surface area contributed by atoms with E-state index in [0.717, 1.165) is 29.2 Å². The predicted octanol–water partition coefficient (Wildman–Crippen LogP) is 3.65. The van der Waals surface area contributed by atoms with Crippen molar-refractivity contribution < 1.29 is 24.0 Å². The van der Waals surface area contributed by atoms with E-state index in [0.29, 0.717) is 4.90 Å². The van der Waals surface area contributed by atoms with Crippen LogP contribution in [0.3, 0.4) is 0 Å². The van der Waals surface area contributed by atoms with Crippen molar-refractivity contribution >= 4 is 34.8 Å². The minimum atomic E-state index is -1.06. The van der Waals surface area contributed by atoms with Crippen molar-refractivity contribution in [2.24, 2.45) is 0 Å². The summed E-state index contributed by atoms with van der Waals surface area (Å²) in [5.74, 6) is -1.89. The number of carboxylic acid groups (broad SMARTS) is 1. The topological polar surface area (TPSA) is 89.7 Å². The van der Waals surface area contributed by atoms with Gasteiger partial charge in [0.2, 0.25) is 0 Å². The average Bonchev–Trinajstić information content (AvgIpc) is 2.89. The zero-order valence-corrected chi connectivity index (χ0v) is 12.2. The first kappa shape index (κ1) is 15.3. The fourth-order valence-corrected chi connectivity index (χ4v) is 3.29. The number of benzene rings is 1. The van der Waals surface area contributed by atoms with Crippen molar-refractivity contribution in [3.63, 3.8) is 0 Å². The van der Waals surface area contributed by atoms with E-state index >= 15 is 0 Å². The summed E-state index contributed by atoms with van der Waals surface area (Å²) in [7, 11) is 1.25. The molecule has 1 aromatic heterocycles. The van der Waals surface area contributed by atoms with Gasteiger partial charge in [0, 0.05) is 16.3 Å². The van der Waals surface area contributed by atoms with Crippen LogP contribution in [0, 0.1) is 15.9 Å². The van der Waals surface area contributed by atoms with Crippen LogP contribution in [-0.2, 0) is 0 Å². The second-order valence-corrected chi connectivity index (χ2v) is 5.79. The van der Waals surface area contributed by atoms with E-state index in [1.807, 2.05) is 0 Å². The van der Waals surface area contributed by atoms with Crippen molar-refractivity contribution in [3.05, 3.63) is 44.4 Å². The van der Waals surface area contributed by atoms with Crippen molar-refractivity contribution in [3.8, 4) is 5.75 Å². The zero-order chi connectivity index (χ0) is 15.6. The van der Waals surface area contributed by atoms with Crippen molar-refractivity contribution in [2.75, 3.05) is 7.11 Å². The summed E-state index contributed by atoms with van der Waals surface area (Å²) in [6, 6.07) is 3.41. The second-order valence-electron chi connectivity index (χ2n) is 3.77. The lowest BCUT2D eigenvalue weighted by Gasteiger charge is -2.06. The van der Waals surface area contributed by atoms with Gasteiger partial charge in [0.25, 0.3) is 0 Å². The molecule has 0 bridgehead atoms. The van der Waals surface area contributed by atoms with Crippen LogP contribution in [0.5, 0.6) is 5.75 Å². The molecule has 21 heavy (non-hydrogen) atoms. The Morgan fingerprint density at radius 2 is 2.19 bits per heavy atom. The van der Waals surface area contributed by atoms with Crippen LogP contribution in [0.2, 0.25) is 0 Å². The average molecular weight is 329 g/mol. The number of halogens is 1. The third kappa shape index (κ3) is 3.31. The quantitative estimate of drug-likeness (QED) is 0.665. The molecule has 0 unspecified atom stereocenters. The second kappa shape index (κ2) is 6.10. The number of rotatable bonds is 5. The molecule has 1 N–H and O–H groups in total. The SMILES string of the molecule is COc1cc(Sc2csc(C(=O)O)c2)c(F)cc1[N+](=O)[O-]. The summed E-state index contributed by atoms with van der Waals surface area (Å²) in [6.45, 7) is 0. The Labute approximate surface area is 126 Å². The number of hydrogen-bond donors (Lipinski definition) is 1. The van der Waals surface area contributed by atoms with Crippen LogP contribution < -0.4 is 4.74 Å². The fourth-order valence-electron chi connectivity index (χ4n) is 1.52. The Morgan fingerprint density at radius 3 is 2.71 bits per heavy atom. The number of ether oxygens (including phenoxy) is 1. The molecule has 0 atom stereocenters. The molecule has 9 heteroatoms. The van der Waals surface area contributed by atoms with Gasteiger partial charge in [-0.25, -0.2) is 9.18 Å². The molecule has 0 aliphatic heterocycles. The minimum absolute atomic E-state index is 0.0578. The smallest absolute Gasteiger partial charge is 0.345 e. The maximum atomic E-state index is 13.9. The molecule has 110 valence electrons. The van der Waals surface area contributed by atoms with Gasteiger partial charge >= 0.3 is 11.7 Å². The summed E-state index contributed by atoms with van der Waals surface area (Å²) < 4.78 is 18.8. The molecule has 0 aliphatic rings. The van der Waals surface area contributed by atoms with E-state index in [1.54, 1.807) is 5.38 Å². The molecule has 1 heterocycles. The number of hydrogen-bond acceptors (Lipinski definition) is 6. The highest BCUT2D eigenvalue weighted by Gasteiger charge is 2.20. The summed E-state index contributed by atoms with van der Waals surface area (Å²) in [4.78, 5) is 21.6. The van der Waals surface area contributed by atoms with Crippen LogP contribution in [0.15, 0.2) is 33.4 Å². The molecule has 0 saturated carbocycles. The van der Waals surface area contributed by atoms with E-state index in [-0.39, 0.29) is 15.5 Å². The van der Waals surface area contributed by atoms with E-state index in [1.165, 1.54) is 19.2 Å². The molecule has 2 rings (SSSR count). The highest BCUT2D eigenvalue weighted by atomic mass is 32.2. The Hall–Kier alpha value is -2.13. The Morgan fingerprint density at radius 1 is 1.48 bits per heavy atom. The lowest BCUT2D eigenvalue weighted by molar-refractivity contribution is -0.386. The van der Waals surface area contributed by atoms with Crippen molar-refractivity contribution in [2.45, 2.75) is 9.79 Å². The predicted molar refractivity (Wildman–Crippen MR) is 75.0 cm³/mol. The standard InChI is InChI=1S/C12H8FNO5S2/c1-19-9-4-10(7(13)3-8(9)14(17)18)21-6-2-11(12(15)16)20-5-6/h2-5H,1H3,(H,15,16). The number of carboxylic acids is 1. The largest absolute Gasteiger partial charge is 0.490 e. The number of methoxy groups -OCH3 is 1. The number of nitro groups is 1. The zero-order valence-electron chi connectivity index (χ0n) is 10.5. The van der Waals surface area contributed by atoms with E-state index in [9.17, 15) is 19.3 Å². The van der Waals surface area contributed by atoms with E-state index in [4.69, 9.17) is 9.84 Å². The molecule has 0 aliphatic carbocycles. The molecule has 0 radical (unpaired) electrons. The first-order chi connectivity index (χ1) is 9.92. The molecule has 0 saturated heterocycles. The van der Waals surface area contributed by atoms with Gasteiger partial charge in [0.15, 0.2) is 5.75 Å². The third-order valence-corrected chi connectivity index (χ3v) is 4.52. The Kier molecular flexibility index (Phi) is 4.43. The molecular weight excluding hydrogens is 321 g/mol. The van der Waals surface area contributed by atoms with Crippen LogP contribution in [0.1, 0.15) is 9.67 Å². The maximum absolute atomic E-state index is 13.9. The first-order valence-electron chi connectivity index (χ1n) is 5.44. The molecule has 1 aromatic carbocycles. The number of nitro benzene ring substituents is 1. The third-order valence-electron chi connectivity index (χ3n) is 2.44. The fraction of sp³-hybridized carbons (Fsp3) is 0.0833. The Bertz CT molecular complexity index is 716. The lowest BCUT2D eigenvalue weighted by atomic mass is 10.3. The number of carbonyl (C=O) groups is 1. The summed E-state index contributed by atoms with van der Waals surface area (Å²) in [5, 5.41) is 21.2. The molecule has 0 spiro atoms. The monoisotopic (exact) mass is 329 g/mol. The number of aromatic carboxylic acids is 1. The highest BCUT2D eigenvalue weighted by Crippen LogP contribution is 2.38. The highest BCUT2D eigenvalue weighted by molar-refractivity contribution is 7.99. The summed E-state index contributed by atoms with van der Waals surface area (Å²) >= 11 is 1.99. The van der Waals surface area contributed by atoms with Gasteiger partial charge in [-0.1, -0.05) is 11.8 Å². The Balaban J connectivity index is 2.35. The molecule has 0 amide bonds. The summed E-state index contributed by atoms with van der Waals surface area (Å²) in [6.07, 6.45) is 0. The van der Waals surface area contributed by atoms with Gasteiger partial charge < -0.3 is 9.84 Å². The molecule has 0 fully saturated rings. The van der Waals surface area contributed by atoms with Crippen molar-refractivity contribution in [1.82, 2.24) is 0 Å². The van der Waals surface area contributed by atoms with Crippen LogP contribution >= 0.6 is 23.1 Å². The molecule has 6 nitrogen and oxygen atoms in total.